The van der Waals surface area contributed by atoms with Gasteiger partial charge in [-0.05, 0) is 18.2 Å². The number of nitrogens with zero attached hydrogens (tertiary/aromatic N) is 5. The average Bonchev–Trinajstić information content (AvgIpc) is 2.98. The Bertz CT molecular complexity index is 938. The van der Waals surface area contributed by atoms with Crippen molar-refractivity contribution in [1.82, 2.24) is 24.7 Å². The van der Waals surface area contributed by atoms with Crippen LogP contribution in [0.3, 0.4) is 0 Å². The van der Waals surface area contributed by atoms with Crippen molar-refractivity contribution in [2.45, 2.75) is 13.0 Å². The van der Waals surface area contributed by atoms with Crippen LogP contribution in [0.2, 0.25) is 0 Å². The molecule has 1 aromatic heterocycles. The van der Waals surface area contributed by atoms with Crippen LogP contribution in [0, 0.1) is 0 Å². The van der Waals surface area contributed by atoms with Gasteiger partial charge in [-0.3, -0.25) is 24.0 Å². The highest BCUT2D eigenvalue weighted by Crippen LogP contribution is 2.20. The molecule has 9 nitrogen and oxygen atoms in total. The van der Waals surface area contributed by atoms with Gasteiger partial charge in [0.1, 0.15) is 0 Å². The molecule has 9 heteroatoms. The van der Waals surface area contributed by atoms with Gasteiger partial charge in [0.25, 0.3) is 5.56 Å². The van der Waals surface area contributed by atoms with Crippen LogP contribution in [0.5, 0.6) is 0 Å². The van der Waals surface area contributed by atoms with Gasteiger partial charge in [0.2, 0.25) is 5.91 Å². The summed E-state index contributed by atoms with van der Waals surface area (Å²) >= 11 is 0. The molecule has 30 heavy (non-hydrogen) atoms. The Morgan fingerprint density at radius 3 is 2.50 bits per heavy atom. The van der Waals surface area contributed by atoms with E-state index in [1.165, 1.54) is 10.9 Å². The van der Waals surface area contributed by atoms with E-state index < -0.39 is 0 Å². The molecule has 0 aliphatic carbocycles. The summed E-state index contributed by atoms with van der Waals surface area (Å²) in [6, 6.07) is 5.82. The summed E-state index contributed by atoms with van der Waals surface area (Å²) in [7, 11) is 0. The Morgan fingerprint density at radius 1 is 0.967 bits per heavy atom. The maximum atomic E-state index is 12.5. The summed E-state index contributed by atoms with van der Waals surface area (Å²) in [6.07, 6.45) is 2.10. The molecule has 2 aliphatic rings. The van der Waals surface area contributed by atoms with Crippen molar-refractivity contribution in [3.05, 3.63) is 34.9 Å². The first kappa shape index (κ1) is 20.8. The van der Waals surface area contributed by atoms with E-state index in [-0.39, 0.29) is 24.6 Å². The highest BCUT2D eigenvalue weighted by atomic mass is 16.3. The lowest BCUT2D eigenvalue weighted by molar-refractivity contribution is -0.120. The summed E-state index contributed by atoms with van der Waals surface area (Å²) in [6.45, 7) is 8.57. The van der Waals surface area contributed by atoms with E-state index in [1.807, 2.05) is 18.2 Å². The molecule has 0 atom stereocenters. The van der Waals surface area contributed by atoms with Gasteiger partial charge < -0.3 is 15.3 Å². The topological polar surface area (TPSA) is 93.9 Å². The van der Waals surface area contributed by atoms with Crippen LogP contribution in [0.4, 0.5) is 5.69 Å². The molecule has 2 aliphatic heterocycles. The van der Waals surface area contributed by atoms with Crippen LogP contribution in [0.1, 0.15) is 6.42 Å². The quantitative estimate of drug-likeness (QED) is 0.648. The molecule has 2 fully saturated rings. The van der Waals surface area contributed by atoms with Crippen LogP contribution in [-0.2, 0) is 11.3 Å². The Hall–Kier alpha value is -2.49. The highest BCUT2D eigenvalue weighted by molar-refractivity contribution is 5.81. The maximum absolute atomic E-state index is 12.5. The third-order valence-electron chi connectivity index (χ3n) is 6.02. The van der Waals surface area contributed by atoms with Gasteiger partial charge in [-0.25, -0.2) is 4.98 Å². The lowest BCUT2D eigenvalue weighted by Crippen LogP contribution is -2.48. The van der Waals surface area contributed by atoms with E-state index in [0.717, 1.165) is 64.6 Å². The minimum Gasteiger partial charge on any atom is -0.395 e. The van der Waals surface area contributed by atoms with Gasteiger partial charge in [0.05, 0.1) is 30.4 Å². The molecule has 0 unspecified atom stereocenters. The van der Waals surface area contributed by atoms with Crippen molar-refractivity contribution < 1.29 is 9.90 Å². The second kappa shape index (κ2) is 9.55. The summed E-state index contributed by atoms with van der Waals surface area (Å²) in [5.74, 6) is 0.156. The summed E-state index contributed by atoms with van der Waals surface area (Å²) in [5, 5.41) is 12.6. The van der Waals surface area contributed by atoms with Crippen molar-refractivity contribution >= 4 is 22.5 Å². The number of hydrogen-bond donors (Lipinski definition) is 2. The number of aliphatic hydroxyl groups is 1. The zero-order valence-electron chi connectivity index (χ0n) is 17.3. The van der Waals surface area contributed by atoms with Crippen molar-refractivity contribution in [2.75, 3.05) is 70.4 Å². The monoisotopic (exact) mass is 414 g/mol. The molecule has 1 amide bonds. The third-order valence-corrected chi connectivity index (χ3v) is 6.02. The molecule has 0 radical (unpaired) electrons. The molecule has 2 N–H and O–H groups in total. The summed E-state index contributed by atoms with van der Waals surface area (Å²) in [4.78, 5) is 35.5. The van der Waals surface area contributed by atoms with Crippen LogP contribution in [0.15, 0.2) is 29.3 Å². The highest BCUT2D eigenvalue weighted by Gasteiger charge is 2.19. The number of piperazine rings is 1. The van der Waals surface area contributed by atoms with Gasteiger partial charge in [-0.1, -0.05) is 0 Å². The van der Waals surface area contributed by atoms with Crippen LogP contribution >= 0.6 is 0 Å². The van der Waals surface area contributed by atoms with E-state index in [4.69, 9.17) is 5.11 Å². The number of aliphatic hydroxyl groups excluding tert-OH is 1. The standard InChI is InChI=1S/C21H30N6O3/c28-14-13-27-16-23-19-15-17(1-2-18(19)21(27)30)26-11-9-25(10-12-26)8-7-24-5-3-20(29)22-4-6-24/h1-2,15-16,28H,3-14H2,(H,22,29). The van der Waals surface area contributed by atoms with E-state index in [0.29, 0.717) is 17.3 Å². The number of nitrogens with one attached hydrogen (secondary N) is 1. The van der Waals surface area contributed by atoms with Crippen molar-refractivity contribution in [1.29, 1.82) is 0 Å². The lowest BCUT2D eigenvalue weighted by atomic mass is 10.2. The second-order valence-electron chi connectivity index (χ2n) is 7.94. The van der Waals surface area contributed by atoms with Crippen LogP contribution in [-0.4, -0.2) is 95.9 Å². The largest absolute Gasteiger partial charge is 0.395 e. The number of hydrogen-bond acceptors (Lipinski definition) is 7. The molecular weight excluding hydrogens is 384 g/mol. The first-order chi connectivity index (χ1) is 14.6. The molecular formula is C21H30N6O3. The fourth-order valence-electron chi connectivity index (χ4n) is 4.16. The summed E-state index contributed by atoms with van der Waals surface area (Å²) in [5.41, 5.74) is 1.67. The number of fused-ring (bicyclic) bond motifs is 1. The molecule has 2 aromatic rings. The predicted molar refractivity (Wildman–Crippen MR) is 116 cm³/mol. The Balaban J connectivity index is 1.32. The SMILES string of the molecule is O=C1CCN(CCN2CCN(c3ccc4c(=O)n(CCO)cnc4c3)CC2)CCN1. The van der Waals surface area contributed by atoms with Gasteiger partial charge >= 0.3 is 0 Å². The Morgan fingerprint density at radius 2 is 1.73 bits per heavy atom. The molecule has 2 saturated heterocycles. The minimum absolute atomic E-state index is 0.0811. The normalized spacial score (nSPS) is 19.1. The second-order valence-corrected chi connectivity index (χ2v) is 7.94. The Labute approximate surface area is 175 Å². The molecule has 0 bridgehead atoms. The van der Waals surface area contributed by atoms with E-state index in [2.05, 4.69) is 25.0 Å². The van der Waals surface area contributed by atoms with Gasteiger partial charge in [-0.2, -0.15) is 0 Å². The summed E-state index contributed by atoms with van der Waals surface area (Å²) < 4.78 is 1.44. The zero-order valence-corrected chi connectivity index (χ0v) is 17.3. The number of carbonyl (C=O) groups is 1. The van der Waals surface area contributed by atoms with E-state index in [1.54, 1.807) is 0 Å². The number of amides is 1. The smallest absolute Gasteiger partial charge is 0.261 e. The molecule has 0 saturated carbocycles. The van der Waals surface area contributed by atoms with Gasteiger partial charge in [0.15, 0.2) is 0 Å². The lowest BCUT2D eigenvalue weighted by Gasteiger charge is -2.37. The molecule has 4 rings (SSSR count). The third kappa shape index (κ3) is 4.80. The number of anilines is 1. The molecule has 1 aromatic carbocycles. The number of carbonyl (C=O) groups excluding carboxylic acids is 1. The zero-order chi connectivity index (χ0) is 20.9. The molecule has 0 spiro atoms. The van der Waals surface area contributed by atoms with E-state index >= 15 is 0 Å². The predicted octanol–water partition coefficient (Wildman–Crippen LogP) is -0.667. The molecule has 3 heterocycles. The Kier molecular flexibility index (Phi) is 6.61. The van der Waals surface area contributed by atoms with Crippen molar-refractivity contribution in [2.24, 2.45) is 0 Å². The van der Waals surface area contributed by atoms with Crippen molar-refractivity contribution in [3.8, 4) is 0 Å². The number of benzene rings is 1. The van der Waals surface area contributed by atoms with Crippen LogP contribution in [0.25, 0.3) is 10.9 Å². The number of aromatic nitrogens is 2. The first-order valence-electron chi connectivity index (χ1n) is 10.7. The molecule has 162 valence electrons. The van der Waals surface area contributed by atoms with Gasteiger partial charge in [0, 0.05) is 71.0 Å². The fourth-order valence-corrected chi connectivity index (χ4v) is 4.16. The maximum Gasteiger partial charge on any atom is 0.261 e. The number of rotatable bonds is 6. The van der Waals surface area contributed by atoms with Crippen molar-refractivity contribution in [3.63, 3.8) is 0 Å². The van der Waals surface area contributed by atoms with Gasteiger partial charge in [-0.15, -0.1) is 0 Å². The minimum atomic E-state index is -0.115. The fraction of sp³-hybridized carbons (Fsp3) is 0.571. The average molecular weight is 415 g/mol. The van der Waals surface area contributed by atoms with Crippen LogP contribution < -0.4 is 15.8 Å². The first-order valence-corrected chi connectivity index (χ1v) is 10.7. The van der Waals surface area contributed by atoms with E-state index in [9.17, 15) is 9.59 Å².